The Labute approximate surface area is 117 Å². The topological polar surface area (TPSA) is 69.5 Å². The number of pyridine rings is 1. The molecule has 2 aliphatic rings. The van der Waals surface area contributed by atoms with Gasteiger partial charge in [0, 0.05) is 38.8 Å². The van der Waals surface area contributed by atoms with E-state index in [0.717, 1.165) is 38.4 Å². The monoisotopic (exact) mass is 272 g/mol. The zero-order chi connectivity index (χ0) is 13.9. The van der Waals surface area contributed by atoms with Crippen LogP contribution in [0, 0.1) is 11.3 Å². The van der Waals surface area contributed by atoms with Crippen LogP contribution >= 0.6 is 0 Å². The van der Waals surface area contributed by atoms with Crippen molar-refractivity contribution in [1.82, 2.24) is 9.88 Å². The van der Waals surface area contributed by atoms with E-state index < -0.39 is 0 Å². The highest BCUT2D eigenvalue weighted by Crippen LogP contribution is 2.19. The third-order valence-corrected chi connectivity index (χ3v) is 3.86. The van der Waals surface area contributed by atoms with E-state index in [1.165, 1.54) is 0 Å². The molecular weight excluding hydrogens is 256 g/mol. The maximum atomic E-state index is 11.6. The quantitative estimate of drug-likeness (QED) is 0.725. The number of hydrogen-bond donors (Lipinski definition) is 0. The third kappa shape index (κ3) is 2.45. The molecule has 0 radical (unpaired) electrons. The van der Waals surface area contributed by atoms with Crippen LogP contribution in [0.3, 0.4) is 0 Å². The Bertz CT molecular complexity index is 546. The Morgan fingerprint density at radius 2 is 2.15 bits per heavy atom. The lowest BCUT2D eigenvalue weighted by molar-refractivity contribution is -0.142. The minimum atomic E-state index is -0.0944. The summed E-state index contributed by atoms with van der Waals surface area (Å²) < 4.78 is 5.02. The minimum Gasteiger partial charge on any atom is -0.464 e. The normalized spacial score (nSPS) is 23.4. The summed E-state index contributed by atoms with van der Waals surface area (Å²) in [6.07, 6.45) is 2.45. The van der Waals surface area contributed by atoms with E-state index in [9.17, 15) is 4.79 Å². The summed E-state index contributed by atoms with van der Waals surface area (Å²) in [5, 5.41) is 8.92. The molecule has 2 aliphatic heterocycles. The van der Waals surface area contributed by atoms with Gasteiger partial charge < -0.3 is 9.64 Å². The summed E-state index contributed by atoms with van der Waals surface area (Å²) >= 11 is 0. The molecular formula is C14H16N4O2. The number of esters is 1. The molecule has 104 valence electrons. The first-order valence-corrected chi connectivity index (χ1v) is 6.80. The highest BCUT2D eigenvalue weighted by molar-refractivity contribution is 5.77. The summed E-state index contributed by atoms with van der Waals surface area (Å²) in [6.45, 7) is 3.79. The zero-order valence-electron chi connectivity index (χ0n) is 11.2. The fraction of sp³-hybridized carbons (Fsp3) is 0.500. The van der Waals surface area contributed by atoms with E-state index in [0.29, 0.717) is 12.2 Å². The van der Waals surface area contributed by atoms with E-state index in [-0.39, 0.29) is 12.0 Å². The van der Waals surface area contributed by atoms with Gasteiger partial charge in [-0.25, -0.2) is 4.98 Å². The predicted octanol–water partition coefficient (Wildman–Crippen LogP) is 0.391. The summed E-state index contributed by atoms with van der Waals surface area (Å²) in [6, 6.07) is 5.56. The van der Waals surface area contributed by atoms with E-state index in [1.54, 1.807) is 18.3 Å². The molecule has 0 amide bonds. The minimum absolute atomic E-state index is 0.0736. The molecule has 0 unspecified atom stereocenters. The van der Waals surface area contributed by atoms with Crippen LogP contribution in [0.15, 0.2) is 18.3 Å². The van der Waals surface area contributed by atoms with Crippen molar-refractivity contribution >= 4 is 11.8 Å². The number of rotatable bonds is 2. The lowest BCUT2D eigenvalue weighted by Gasteiger charge is -2.37. The number of anilines is 1. The maximum Gasteiger partial charge on any atom is 0.323 e. The van der Waals surface area contributed by atoms with Crippen LogP contribution < -0.4 is 4.90 Å². The SMILES string of the molecule is N#Cc1ccnc(N2CCN([C@H]3CCOC3=O)CC2)c1. The smallest absolute Gasteiger partial charge is 0.323 e. The van der Waals surface area contributed by atoms with Crippen molar-refractivity contribution in [2.75, 3.05) is 37.7 Å². The van der Waals surface area contributed by atoms with Crippen molar-refractivity contribution in [3.8, 4) is 6.07 Å². The van der Waals surface area contributed by atoms with Crippen LogP contribution in [0.25, 0.3) is 0 Å². The Hall–Kier alpha value is -2.13. The zero-order valence-corrected chi connectivity index (χ0v) is 11.2. The second-order valence-electron chi connectivity index (χ2n) is 5.01. The molecule has 6 nitrogen and oxygen atoms in total. The highest BCUT2D eigenvalue weighted by atomic mass is 16.5. The molecule has 3 heterocycles. The van der Waals surface area contributed by atoms with Crippen LogP contribution in [-0.2, 0) is 9.53 Å². The Morgan fingerprint density at radius 1 is 1.35 bits per heavy atom. The average Bonchev–Trinajstić information content (AvgIpc) is 2.94. The molecule has 1 aromatic heterocycles. The first-order chi connectivity index (χ1) is 9.78. The highest BCUT2D eigenvalue weighted by Gasteiger charge is 2.34. The molecule has 0 saturated carbocycles. The number of ether oxygens (including phenoxy) is 1. The van der Waals surface area contributed by atoms with Crippen molar-refractivity contribution < 1.29 is 9.53 Å². The molecule has 0 bridgehead atoms. The first-order valence-electron chi connectivity index (χ1n) is 6.80. The van der Waals surface area contributed by atoms with Crippen LogP contribution in [0.4, 0.5) is 5.82 Å². The van der Waals surface area contributed by atoms with Gasteiger partial charge in [0.05, 0.1) is 18.2 Å². The fourth-order valence-corrected chi connectivity index (χ4v) is 2.74. The second kappa shape index (κ2) is 5.47. The number of aromatic nitrogens is 1. The van der Waals surface area contributed by atoms with E-state index in [1.807, 2.05) is 0 Å². The standard InChI is InChI=1S/C14H16N4O2/c15-10-11-1-3-16-13(9-11)18-6-4-17(5-7-18)12-2-8-20-14(12)19/h1,3,9,12H,2,4-8H2/t12-/m0/s1. The number of nitrogens with zero attached hydrogens (tertiary/aromatic N) is 4. The van der Waals surface area contributed by atoms with Gasteiger partial charge >= 0.3 is 5.97 Å². The van der Waals surface area contributed by atoms with Gasteiger partial charge in [0.2, 0.25) is 0 Å². The Morgan fingerprint density at radius 3 is 2.80 bits per heavy atom. The number of nitriles is 1. The number of cyclic esters (lactones) is 1. The van der Waals surface area contributed by atoms with Crippen LogP contribution in [0.2, 0.25) is 0 Å². The third-order valence-electron chi connectivity index (χ3n) is 3.86. The number of carbonyl (C=O) groups is 1. The van der Waals surface area contributed by atoms with Gasteiger partial charge in [-0.2, -0.15) is 5.26 Å². The first kappa shape index (κ1) is 12.9. The lowest BCUT2D eigenvalue weighted by Crippen LogP contribution is -2.51. The predicted molar refractivity (Wildman–Crippen MR) is 72.1 cm³/mol. The summed E-state index contributed by atoms with van der Waals surface area (Å²) in [4.78, 5) is 20.2. The molecule has 0 aliphatic carbocycles. The second-order valence-corrected chi connectivity index (χ2v) is 5.01. The lowest BCUT2D eigenvalue weighted by atomic mass is 10.1. The van der Waals surface area contributed by atoms with Crippen molar-refractivity contribution in [2.24, 2.45) is 0 Å². The number of hydrogen-bond acceptors (Lipinski definition) is 6. The largest absolute Gasteiger partial charge is 0.464 e. The summed E-state index contributed by atoms with van der Waals surface area (Å²) in [5.74, 6) is 0.737. The van der Waals surface area contributed by atoms with Crippen molar-refractivity contribution in [1.29, 1.82) is 5.26 Å². The molecule has 0 aromatic carbocycles. The fourth-order valence-electron chi connectivity index (χ4n) is 2.74. The van der Waals surface area contributed by atoms with E-state index in [4.69, 9.17) is 10.00 Å². The van der Waals surface area contributed by atoms with Gasteiger partial charge in [-0.1, -0.05) is 0 Å². The van der Waals surface area contributed by atoms with Crippen LogP contribution in [0.5, 0.6) is 0 Å². The molecule has 20 heavy (non-hydrogen) atoms. The molecule has 3 rings (SSSR count). The molecule has 2 saturated heterocycles. The van der Waals surface area contributed by atoms with Crippen LogP contribution in [-0.4, -0.2) is 54.7 Å². The number of piperazine rings is 1. The summed E-state index contributed by atoms with van der Waals surface area (Å²) in [7, 11) is 0. The van der Waals surface area contributed by atoms with E-state index in [2.05, 4.69) is 20.9 Å². The Kier molecular flexibility index (Phi) is 3.52. The molecule has 1 atom stereocenters. The average molecular weight is 272 g/mol. The van der Waals surface area contributed by atoms with Crippen LogP contribution in [0.1, 0.15) is 12.0 Å². The molecule has 1 aromatic rings. The molecule has 2 fully saturated rings. The van der Waals surface area contributed by atoms with Gasteiger partial charge in [-0.3, -0.25) is 9.69 Å². The Balaban J connectivity index is 1.63. The summed E-state index contributed by atoms with van der Waals surface area (Å²) in [5.41, 5.74) is 0.622. The van der Waals surface area contributed by atoms with Gasteiger partial charge in [0.15, 0.2) is 0 Å². The molecule has 0 spiro atoms. The van der Waals surface area contributed by atoms with Gasteiger partial charge in [0.25, 0.3) is 0 Å². The molecule has 6 heteroatoms. The van der Waals surface area contributed by atoms with Crippen molar-refractivity contribution in [3.05, 3.63) is 23.9 Å². The van der Waals surface area contributed by atoms with E-state index >= 15 is 0 Å². The van der Waals surface area contributed by atoms with Gasteiger partial charge in [-0.05, 0) is 12.1 Å². The number of carbonyl (C=O) groups excluding carboxylic acids is 1. The van der Waals surface area contributed by atoms with Gasteiger partial charge in [-0.15, -0.1) is 0 Å². The van der Waals surface area contributed by atoms with Gasteiger partial charge in [0.1, 0.15) is 11.9 Å². The van der Waals surface area contributed by atoms with Crippen molar-refractivity contribution in [3.63, 3.8) is 0 Å². The van der Waals surface area contributed by atoms with Crippen molar-refractivity contribution in [2.45, 2.75) is 12.5 Å². The molecule has 0 N–H and O–H groups in total. The maximum absolute atomic E-state index is 11.6.